The van der Waals surface area contributed by atoms with Gasteiger partial charge in [-0.25, -0.2) is 18.2 Å². The van der Waals surface area contributed by atoms with Crippen LogP contribution >= 0.6 is 0 Å². The number of hydrogen-bond donors (Lipinski definition) is 3. The summed E-state index contributed by atoms with van der Waals surface area (Å²) in [7, 11) is -1.98. The van der Waals surface area contributed by atoms with E-state index in [-0.39, 0.29) is 16.8 Å². The Kier molecular flexibility index (Phi) is 4.82. The van der Waals surface area contributed by atoms with E-state index >= 15 is 0 Å². The lowest BCUT2D eigenvalue weighted by Crippen LogP contribution is -2.46. The number of benzene rings is 1. The van der Waals surface area contributed by atoms with Gasteiger partial charge >= 0.3 is 0 Å². The summed E-state index contributed by atoms with van der Waals surface area (Å²) in [5, 5.41) is 20.0. The van der Waals surface area contributed by atoms with Gasteiger partial charge in [-0.1, -0.05) is 0 Å². The number of aromatic nitrogens is 5. The second-order valence-corrected chi connectivity index (χ2v) is 8.90. The van der Waals surface area contributed by atoms with Crippen molar-refractivity contribution in [1.82, 2.24) is 24.5 Å². The molecule has 1 aliphatic heterocycles. The predicted molar refractivity (Wildman–Crippen MR) is 109 cm³/mol. The first kappa shape index (κ1) is 20.0. The third-order valence-electron chi connectivity index (χ3n) is 5.20. The number of nitrogens with one attached hydrogen (secondary N) is 2. The largest absolute Gasteiger partial charge is 0.351 e. The van der Waals surface area contributed by atoms with Gasteiger partial charge in [-0.15, -0.1) is 0 Å². The van der Waals surface area contributed by atoms with Gasteiger partial charge in [-0.05, 0) is 38.1 Å². The monoisotopic (exact) mass is 430 g/mol. The number of carbonyl (C=O) groups excluding carboxylic acids is 1. The molecule has 0 saturated heterocycles. The minimum Gasteiger partial charge on any atom is -0.351 e. The lowest BCUT2D eigenvalue weighted by molar-refractivity contribution is -0.121. The lowest BCUT2D eigenvalue weighted by atomic mass is 9.85. The number of nitrogens with two attached hydrogens (primary N) is 1. The van der Waals surface area contributed by atoms with Crippen molar-refractivity contribution in [1.29, 1.82) is 0 Å². The lowest BCUT2D eigenvalue weighted by Gasteiger charge is -2.36. The number of anilines is 2. The van der Waals surface area contributed by atoms with E-state index in [1.54, 1.807) is 9.36 Å². The Morgan fingerprint density at radius 1 is 1.27 bits per heavy atom. The average Bonchev–Trinajstić information content (AvgIpc) is 3.25. The standard InChI is InChI=1S/C18H22N8O3S/c1-10-14(8-25(3)24-10)16-15(11(2)22-18-20-9-21-26(16)18)17(27)23-12-4-6-13(7-5-12)30(19,28)29/h4-9,11,15-16H,1-3H3,(H,23,27)(H2,19,28,29)(H,20,21,22)/t11-,15+,16+/m0/s1. The third-order valence-corrected chi connectivity index (χ3v) is 6.12. The van der Waals surface area contributed by atoms with Crippen LogP contribution in [0, 0.1) is 12.8 Å². The van der Waals surface area contributed by atoms with Crippen molar-refractivity contribution < 1.29 is 13.2 Å². The van der Waals surface area contributed by atoms with Gasteiger partial charge in [0.15, 0.2) is 0 Å². The van der Waals surface area contributed by atoms with E-state index < -0.39 is 22.0 Å². The van der Waals surface area contributed by atoms with Gasteiger partial charge in [0.1, 0.15) is 6.33 Å². The number of fused-ring (bicyclic) bond motifs is 1. The van der Waals surface area contributed by atoms with Crippen molar-refractivity contribution in [2.45, 2.75) is 30.8 Å². The molecule has 0 unspecified atom stereocenters. The van der Waals surface area contributed by atoms with E-state index in [4.69, 9.17) is 5.14 Å². The Hall–Kier alpha value is -3.25. The number of nitrogens with zero attached hydrogens (tertiary/aromatic N) is 5. The van der Waals surface area contributed by atoms with Crippen LogP contribution in [-0.2, 0) is 21.9 Å². The van der Waals surface area contributed by atoms with E-state index in [1.807, 2.05) is 27.1 Å². The zero-order valence-electron chi connectivity index (χ0n) is 16.6. The first-order valence-electron chi connectivity index (χ1n) is 9.25. The van der Waals surface area contributed by atoms with Gasteiger partial charge in [0, 0.05) is 30.5 Å². The minimum absolute atomic E-state index is 0.0238. The summed E-state index contributed by atoms with van der Waals surface area (Å²) in [4.78, 5) is 17.5. The summed E-state index contributed by atoms with van der Waals surface area (Å²) >= 11 is 0. The Morgan fingerprint density at radius 3 is 2.57 bits per heavy atom. The van der Waals surface area contributed by atoms with E-state index in [1.165, 1.54) is 30.6 Å². The molecule has 12 heteroatoms. The molecule has 3 atom stereocenters. The van der Waals surface area contributed by atoms with E-state index in [0.717, 1.165) is 11.3 Å². The molecule has 3 heterocycles. The normalized spacial score (nSPS) is 21.0. The molecule has 1 aromatic carbocycles. The third kappa shape index (κ3) is 3.55. The van der Waals surface area contributed by atoms with Crippen LogP contribution in [-0.4, -0.2) is 44.9 Å². The van der Waals surface area contributed by atoms with Gasteiger partial charge in [-0.2, -0.15) is 15.2 Å². The molecule has 3 aromatic rings. The summed E-state index contributed by atoms with van der Waals surface area (Å²) in [5.41, 5.74) is 2.14. The van der Waals surface area contributed by atoms with Crippen molar-refractivity contribution in [3.05, 3.63) is 48.0 Å². The first-order valence-corrected chi connectivity index (χ1v) is 10.8. The molecule has 158 valence electrons. The molecule has 1 amide bonds. The Balaban J connectivity index is 1.68. The van der Waals surface area contributed by atoms with Crippen molar-refractivity contribution in [3.63, 3.8) is 0 Å². The fourth-order valence-electron chi connectivity index (χ4n) is 3.83. The van der Waals surface area contributed by atoms with Gasteiger partial charge in [0.05, 0.1) is 22.5 Å². The van der Waals surface area contributed by atoms with Gasteiger partial charge < -0.3 is 10.6 Å². The number of rotatable bonds is 4. The number of carbonyl (C=O) groups is 1. The first-order chi connectivity index (χ1) is 14.1. The quantitative estimate of drug-likeness (QED) is 0.549. The number of sulfonamides is 1. The van der Waals surface area contributed by atoms with Crippen LogP contribution in [0.1, 0.15) is 24.2 Å². The van der Waals surface area contributed by atoms with Crippen molar-refractivity contribution >= 4 is 27.6 Å². The summed E-state index contributed by atoms with van der Waals surface area (Å²) in [6.07, 6.45) is 3.32. The SMILES string of the molecule is Cc1nn(C)cc1[C@@H]1[C@H](C(=O)Nc2ccc(S(N)(=O)=O)cc2)[C@H](C)Nc2ncnn21. The van der Waals surface area contributed by atoms with Crippen LogP contribution in [0.25, 0.3) is 0 Å². The van der Waals surface area contributed by atoms with Crippen LogP contribution in [0.15, 0.2) is 41.7 Å². The molecule has 0 aliphatic carbocycles. The average molecular weight is 430 g/mol. The van der Waals surface area contributed by atoms with Crippen molar-refractivity contribution in [2.75, 3.05) is 10.6 Å². The Morgan fingerprint density at radius 2 is 1.97 bits per heavy atom. The predicted octanol–water partition coefficient (Wildman–Crippen LogP) is 0.626. The fraction of sp³-hybridized carbons (Fsp3) is 0.333. The summed E-state index contributed by atoms with van der Waals surface area (Å²) in [5.74, 6) is -0.190. The molecule has 0 saturated carbocycles. The van der Waals surface area contributed by atoms with Crippen LogP contribution in [0.4, 0.5) is 11.6 Å². The van der Waals surface area contributed by atoms with Crippen LogP contribution < -0.4 is 15.8 Å². The zero-order chi connectivity index (χ0) is 21.6. The number of primary sulfonamides is 1. The Bertz CT molecular complexity index is 1200. The molecule has 0 fully saturated rings. The van der Waals surface area contributed by atoms with Gasteiger partial charge in [0.2, 0.25) is 21.9 Å². The highest BCUT2D eigenvalue weighted by Crippen LogP contribution is 2.37. The molecule has 0 radical (unpaired) electrons. The van der Waals surface area contributed by atoms with E-state index in [0.29, 0.717) is 11.6 Å². The number of hydrogen-bond acceptors (Lipinski definition) is 7. The van der Waals surface area contributed by atoms with Crippen molar-refractivity contribution in [3.8, 4) is 0 Å². The maximum atomic E-state index is 13.3. The molecule has 4 N–H and O–H groups in total. The van der Waals surface area contributed by atoms with E-state index in [9.17, 15) is 13.2 Å². The molecule has 30 heavy (non-hydrogen) atoms. The molecule has 2 aromatic heterocycles. The minimum atomic E-state index is -3.80. The van der Waals surface area contributed by atoms with E-state index in [2.05, 4.69) is 25.8 Å². The maximum Gasteiger partial charge on any atom is 0.238 e. The van der Waals surface area contributed by atoms with Crippen LogP contribution in [0.5, 0.6) is 0 Å². The van der Waals surface area contributed by atoms with Crippen molar-refractivity contribution in [2.24, 2.45) is 18.1 Å². The summed E-state index contributed by atoms with van der Waals surface area (Å²) in [6, 6.07) is 5.07. The van der Waals surface area contributed by atoms with Gasteiger partial charge in [0.25, 0.3) is 0 Å². The molecular weight excluding hydrogens is 408 g/mol. The molecular formula is C18H22N8O3S. The fourth-order valence-corrected chi connectivity index (χ4v) is 4.35. The highest BCUT2D eigenvalue weighted by atomic mass is 32.2. The van der Waals surface area contributed by atoms with Gasteiger partial charge in [-0.3, -0.25) is 9.48 Å². The second-order valence-electron chi connectivity index (χ2n) is 7.33. The number of aryl methyl sites for hydroxylation is 2. The number of amides is 1. The zero-order valence-corrected chi connectivity index (χ0v) is 17.5. The highest BCUT2D eigenvalue weighted by Gasteiger charge is 2.42. The maximum absolute atomic E-state index is 13.3. The molecule has 4 rings (SSSR count). The molecule has 1 aliphatic rings. The molecule has 0 spiro atoms. The summed E-state index contributed by atoms with van der Waals surface area (Å²) in [6.45, 7) is 3.80. The molecule has 0 bridgehead atoms. The highest BCUT2D eigenvalue weighted by molar-refractivity contribution is 7.89. The van der Waals surface area contributed by atoms with Crippen LogP contribution in [0.2, 0.25) is 0 Å². The topological polar surface area (TPSA) is 150 Å². The second kappa shape index (κ2) is 7.22. The Labute approximate surface area is 173 Å². The smallest absolute Gasteiger partial charge is 0.238 e. The molecule has 11 nitrogen and oxygen atoms in total. The summed E-state index contributed by atoms with van der Waals surface area (Å²) < 4.78 is 26.3. The van der Waals surface area contributed by atoms with Crippen LogP contribution in [0.3, 0.4) is 0 Å².